The molecule has 0 aliphatic carbocycles. The summed E-state index contributed by atoms with van der Waals surface area (Å²) >= 11 is 10.9. The Bertz CT molecular complexity index is 1020. The Kier molecular flexibility index (Phi) is 11.5. The van der Waals surface area contributed by atoms with Crippen molar-refractivity contribution in [2.24, 2.45) is 0 Å². The number of rotatable bonds is 12. The topological polar surface area (TPSA) is 84.5 Å². The summed E-state index contributed by atoms with van der Waals surface area (Å²) < 4.78 is 27.3. The van der Waals surface area contributed by atoms with Crippen molar-refractivity contribution in [2.45, 2.75) is 22.0 Å². The van der Waals surface area contributed by atoms with Gasteiger partial charge in [0.15, 0.2) is 0 Å². The first-order valence-electron chi connectivity index (χ1n) is 11.0. The molecule has 35 heavy (non-hydrogen) atoms. The largest absolute Gasteiger partial charge is 0.379 e. The van der Waals surface area contributed by atoms with Crippen molar-refractivity contribution < 1.29 is 18.9 Å². The summed E-state index contributed by atoms with van der Waals surface area (Å²) in [5, 5.41) is 19.0. The number of fused-ring (bicyclic) bond motifs is 1. The predicted octanol–water partition coefficient (Wildman–Crippen LogP) is 6.30. The molecule has 0 saturated heterocycles. The van der Waals surface area contributed by atoms with Crippen LogP contribution in [0.3, 0.4) is 0 Å². The summed E-state index contributed by atoms with van der Waals surface area (Å²) in [6.45, 7) is 6.93. The van der Waals surface area contributed by atoms with Gasteiger partial charge in [0.2, 0.25) is 0 Å². The van der Waals surface area contributed by atoms with Crippen LogP contribution < -0.4 is 0 Å². The molecule has 0 saturated carbocycles. The highest BCUT2D eigenvalue weighted by Crippen LogP contribution is 2.66. The molecule has 0 aromatic heterocycles. The van der Waals surface area contributed by atoms with Crippen LogP contribution in [0.5, 0.6) is 0 Å². The Hall–Kier alpha value is -0.380. The van der Waals surface area contributed by atoms with E-state index in [1.54, 1.807) is 23.5 Å². The van der Waals surface area contributed by atoms with Crippen molar-refractivity contribution >= 4 is 70.6 Å². The molecule has 6 nitrogen and oxygen atoms in total. The molecule has 1 aromatic carbocycles. The Morgan fingerprint density at radius 1 is 0.743 bits per heavy atom. The molecule has 0 bridgehead atoms. The summed E-state index contributed by atoms with van der Waals surface area (Å²) in [6.07, 6.45) is 0. The van der Waals surface area contributed by atoms with Crippen molar-refractivity contribution in [1.29, 1.82) is 10.5 Å². The van der Waals surface area contributed by atoms with E-state index >= 15 is 0 Å². The first-order chi connectivity index (χ1) is 17.2. The van der Waals surface area contributed by atoms with E-state index in [2.05, 4.69) is 12.1 Å². The zero-order valence-electron chi connectivity index (χ0n) is 19.1. The van der Waals surface area contributed by atoms with Crippen LogP contribution in [0.15, 0.2) is 38.9 Å². The van der Waals surface area contributed by atoms with Gasteiger partial charge in [0, 0.05) is 27.4 Å². The van der Waals surface area contributed by atoms with Crippen LogP contribution in [0.25, 0.3) is 0 Å². The molecule has 3 aliphatic rings. The van der Waals surface area contributed by atoms with Crippen molar-refractivity contribution in [1.82, 2.24) is 0 Å². The van der Waals surface area contributed by atoms with Crippen LogP contribution >= 0.6 is 70.6 Å². The van der Waals surface area contributed by atoms with Gasteiger partial charge in [0.05, 0.1) is 74.3 Å². The van der Waals surface area contributed by atoms with Gasteiger partial charge in [-0.2, -0.15) is 10.5 Å². The molecular formula is C23H24N2O4S6. The second kappa shape index (κ2) is 14.5. The molecule has 4 rings (SSSR count). The molecule has 1 atom stereocenters. The molecule has 3 aliphatic heterocycles. The fourth-order valence-electron chi connectivity index (χ4n) is 3.08. The van der Waals surface area contributed by atoms with Gasteiger partial charge in [0.25, 0.3) is 0 Å². The number of hydrogen-bond donors (Lipinski definition) is 0. The van der Waals surface area contributed by atoms with E-state index in [1.807, 2.05) is 66.1 Å². The minimum atomic E-state index is 0.426. The molecule has 12 heteroatoms. The number of thioether (sulfide) groups is 6. The maximum Gasteiger partial charge on any atom is 0.101 e. The molecule has 0 N–H and O–H groups in total. The van der Waals surface area contributed by atoms with E-state index in [4.69, 9.17) is 18.9 Å². The molecule has 0 spiro atoms. The lowest BCUT2D eigenvalue weighted by Gasteiger charge is -2.21. The van der Waals surface area contributed by atoms with Crippen molar-refractivity contribution in [2.75, 3.05) is 58.6 Å². The molecule has 186 valence electrons. The molecule has 3 heterocycles. The minimum absolute atomic E-state index is 0.426. The van der Waals surface area contributed by atoms with Crippen molar-refractivity contribution in [3.8, 4) is 12.1 Å². The molecule has 1 aromatic rings. The predicted molar refractivity (Wildman–Crippen MR) is 150 cm³/mol. The van der Waals surface area contributed by atoms with Gasteiger partial charge in [-0.15, -0.1) is 23.5 Å². The van der Waals surface area contributed by atoms with Crippen LogP contribution in [0.1, 0.15) is 18.1 Å². The van der Waals surface area contributed by atoms with Gasteiger partial charge >= 0.3 is 0 Å². The smallest absolute Gasteiger partial charge is 0.101 e. The Balaban J connectivity index is 1.16. The van der Waals surface area contributed by atoms with E-state index in [0.717, 1.165) is 15.5 Å². The van der Waals surface area contributed by atoms with E-state index in [-0.39, 0.29) is 0 Å². The Morgan fingerprint density at radius 2 is 1.29 bits per heavy atom. The average Bonchev–Trinajstić information content (AvgIpc) is 3.49. The third-order valence-electron chi connectivity index (χ3n) is 4.73. The summed E-state index contributed by atoms with van der Waals surface area (Å²) in [6, 6.07) is 7.94. The third-order valence-corrected chi connectivity index (χ3v) is 13.8. The summed E-state index contributed by atoms with van der Waals surface area (Å²) in [4.78, 5) is 2.12. The number of nitriles is 2. The second-order valence-corrected chi connectivity index (χ2v) is 14.7. The van der Waals surface area contributed by atoms with Crippen LogP contribution in [0.2, 0.25) is 0 Å². The zero-order valence-corrected chi connectivity index (χ0v) is 24.0. The maximum atomic E-state index is 9.31. The van der Waals surface area contributed by atoms with Gasteiger partial charge in [0.1, 0.15) is 12.1 Å². The average molecular weight is 585 g/mol. The van der Waals surface area contributed by atoms with Crippen molar-refractivity contribution in [3.05, 3.63) is 40.2 Å². The standard InChI is InChI=1S/C23H24N2O4S6/c1-2-26-3-4-27-5-6-28-7-8-29-13-17-14-30-20-21(31-17)35-23(34-20)22-32-18-9-15(11-24)16(12-25)10-19(18)33-22/h9-10,17H,2-8,13-14H2,1H3. The Labute approximate surface area is 231 Å². The quantitative estimate of drug-likeness (QED) is 0.259. The lowest BCUT2D eigenvalue weighted by Crippen LogP contribution is -2.19. The molecular weight excluding hydrogens is 561 g/mol. The Morgan fingerprint density at radius 3 is 1.89 bits per heavy atom. The van der Waals surface area contributed by atoms with Gasteiger partial charge in [-0.3, -0.25) is 0 Å². The normalized spacial score (nSPS) is 19.0. The summed E-state index contributed by atoms with van der Waals surface area (Å²) in [7, 11) is 0. The van der Waals surface area contributed by atoms with Crippen LogP contribution in [-0.2, 0) is 18.9 Å². The number of hydrogen-bond acceptors (Lipinski definition) is 12. The monoisotopic (exact) mass is 584 g/mol. The number of benzene rings is 1. The molecule has 0 fully saturated rings. The fraction of sp³-hybridized carbons (Fsp3) is 0.478. The highest BCUT2D eigenvalue weighted by atomic mass is 32.3. The fourth-order valence-corrected chi connectivity index (χ4v) is 12.2. The van der Waals surface area contributed by atoms with Gasteiger partial charge in [-0.1, -0.05) is 47.0 Å². The van der Waals surface area contributed by atoms with Gasteiger partial charge in [-0.25, -0.2) is 0 Å². The van der Waals surface area contributed by atoms with Crippen LogP contribution in [0, 0.1) is 22.7 Å². The van der Waals surface area contributed by atoms with E-state index in [1.165, 1.54) is 16.9 Å². The van der Waals surface area contributed by atoms with Gasteiger partial charge in [-0.05, 0) is 19.1 Å². The minimum Gasteiger partial charge on any atom is -0.379 e. The highest BCUT2D eigenvalue weighted by molar-refractivity contribution is 8.42. The molecule has 0 amide bonds. The second-order valence-electron chi connectivity index (χ2n) is 7.17. The first-order valence-corrected chi connectivity index (χ1v) is 16.1. The van der Waals surface area contributed by atoms with Crippen LogP contribution in [0.4, 0.5) is 0 Å². The van der Waals surface area contributed by atoms with Crippen molar-refractivity contribution in [3.63, 3.8) is 0 Å². The molecule has 0 radical (unpaired) electrons. The molecule has 1 unspecified atom stereocenters. The summed E-state index contributed by atoms with van der Waals surface area (Å²) in [5.41, 5.74) is 0.889. The number of nitrogens with zero attached hydrogens (tertiary/aromatic N) is 2. The third kappa shape index (κ3) is 7.81. The van der Waals surface area contributed by atoms with E-state index in [9.17, 15) is 10.5 Å². The van der Waals surface area contributed by atoms with E-state index in [0.29, 0.717) is 69.2 Å². The maximum absolute atomic E-state index is 9.31. The summed E-state index contributed by atoms with van der Waals surface area (Å²) in [5.74, 6) is 1.03. The highest BCUT2D eigenvalue weighted by Gasteiger charge is 2.33. The van der Waals surface area contributed by atoms with E-state index < -0.39 is 0 Å². The zero-order chi connectivity index (χ0) is 24.5. The van der Waals surface area contributed by atoms with Gasteiger partial charge < -0.3 is 18.9 Å². The number of ether oxygens (including phenoxy) is 4. The first kappa shape index (κ1) is 27.6. The lowest BCUT2D eigenvalue weighted by molar-refractivity contribution is 0.0000386. The lowest BCUT2D eigenvalue weighted by atomic mass is 10.1. The SMILES string of the molecule is CCOCCOCCOCCOCC1CSC2=C(SC(=C3Sc4cc(C#N)c(C#N)cc4S3)S2)S1. The van der Waals surface area contributed by atoms with Crippen LogP contribution in [-0.4, -0.2) is 63.9 Å².